The molecule has 0 fully saturated rings. The van der Waals surface area contributed by atoms with Crippen LogP contribution in [0.5, 0.6) is 0 Å². The first-order valence-corrected chi connectivity index (χ1v) is 10.0. The molecule has 0 spiro atoms. The van der Waals surface area contributed by atoms with E-state index in [0.717, 1.165) is 10.1 Å². The highest BCUT2D eigenvalue weighted by molar-refractivity contribution is 8.01. The number of aromatic nitrogens is 2. The zero-order valence-electron chi connectivity index (χ0n) is 12.1. The number of hydrogen-bond acceptors (Lipinski definition) is 6. The average Bonchev–Trinajstić information content (AvgIpc) is 2.85. The van der Waals surface area contributed by atoms with Crippen molar-refractivity contribution < 1.29 is 12.8 Å². The Morgan fingerprint density at radius 1 is 1.27 bits per heavy atom. The SMILES string of the molecule is CC(C)CSc1nnc(NS(=O)(=O)Cc2ccc(F)cc2)s1. The molecule has 0 saturated heterocycles. The van der Waals surface area contributed by atoms with Crippen LogP contribution < -0.4 is 4.72 Å². The topological polar surface area (TPSA) is 72.0 Å². The molecule has 0 aliphatic heterocycles. The van der Waals surface area contributed by atoms with Gasteiger partial charge in [0.15, 0.2) is 4.34 Å². The van der Waals surface area contributed by atoms with Gasteiger partial charge in [-0.2, -0.15) is 0 Å². The molecule has 0 aliphatic carbocycles. The van der Waals surface area contributed by atoms with E-state index >= 15 is 0 Å². The number of anilines is 1. The van der Waals surface area contributed by atoms with Gasteiger partial charge in [-0.25, -0.2) is 12.8 Å². The normalized spacial score (nSPS) is 11.8. The molecule has 22 heavy (non-hydrogen) atoms. The quantitative estimate of drug-likeness (QED) is 0.766. The fourth-order valence-electron chi connectivity index (χ4n) is 1.52. The molecule has 1 heterocycles. The van der Waals surface area contributed by atoms with Gasteiger partial charge in [-0.15, -0.1) is 10.2 Å². The molecule has 1 aromatic carbocycles. The van der Waals surface area contributed by atoms with Crippen molar-refractivity contribution in [3.8, 4) is 0 Å². The molecule has 0 bridgehead atoms. The van der Waals surface area contributed by atoms with Crippen LogP contribution >= 0.6 is 23.1 Å². The van der Waals surface area contributed by atoms with E-state index in [0.29, 0.717) is 11.5 Å². The summed E-state index contributed by atoms with van der Waals surface area (Å²) in [6.07, 6.45) is 0. The van der Waals surface area contributed by atoms with E-state index in [-0.39, 0.29) is 10.9 Å². The van der Waals surface area contributed by atoms with Crippen LogP contribution in [0.15, 0.2) is 28.6 Å². The van der Waals surface area contributed by atoms with Crippen molar-refractivity contribution in [2.75, 3.05) is 10.5 Å². The van der Waals surface area contributed by atoms with Gasteiger partial charge >= 0.3 is 0 Å². The van der Waals surface area contributed by atoms with E-state index in [1.807, 2.05) is 0 Å². The van der Waals surface area contributed by atoms with E-state index in [9.17, 15) is 12.8 Å². The second-order valence-electron chi connectivity index (χ2n) is 5.07. The average molecular weight is 361 g/mol. The molecule has 120 valence electrons. The molecule has 1 aromatic heterocycles. The zero-order chi connectivity index (χ0) is 16.2. The third-order valence-corrected chi connectivity index (χ3v) is 6.21. The summed E-state index contributed by atoms with van der Waals surface area (Å²) in [7, 11) is -3.59. The zero-order valence-corrected chi connectivity index (χ0v) is 14.6. The fraction of sp³-hybridized carbons (Fsp3) is 0.385. The van der Waals surface area contributed by atoms with Crippen LogP contribution in [0.2, 0.25) is 0 Å². The molecule has 2 aromatic rings. The van der Waals surface area contributed by atoms with E-state index < -0.39 is 15.8 Å². The van der Waals surface area contributed by atoms with Gasteiger partial charge in [0.2, 0.25) is 15.2 Å². The molecular formula is C13H16FN3O2S3. The maximum atomic E-state index is 12.8. The van der Waals surface area contributed by atoms with E-state index in [1.54, 1.807) is 11.8 Å². The van der Waals surface area contributed by atoms with Crippen molar-refractivity contribution in [1.82, 2.24) is 10.2 Å². The van der Waals surface area contributed by atoms with Crippen LogP contribution in [0.25, 0.3) is 0 Å². The van der Waals surface area contributed by atoms with E-state index in [4.69, 9.17) is 0 Å². The number of sulfonamides is 1. The van der Waals surface area contributed by atoms with Gasteiger partial charge in [0, 0.05) is 5.75 Å². The molecule has 1 N–H and O–H groups in total. The molecule has 0 unspecified atom stereocenters. The second kappa shape index (κ2) is 7.38. The summed E-state index contributed by atoms with van der Waals surface area (Å²) in [4.78, 5) is 0. The van der Waals surface area contributed by atoms with Crippen molar-refractivity contribution in [3.63, 3.8) is 0 Å². The lowest BCUT2D eigenvalue weighted by Gasteiger charge is -2.04. The van der Waals surface area contributed by atoms with Crippen LogP contribution in [-0.4, -0.2) is 24.4 Å². The van der Waals surface area contributed by atoms with Gasteiger partial charge in [0.1, 0.15) is 5.82 Å². The molecule has 0 saturated carbocycles. The van der Waals surface area contributed by atoms with Crippen LogP contribution in [0.1, 0.15) is 19.4 Å². The van der Waals surface area contributed by atoms with Crippen LogP contribution in [0.3, 0.4) is 0 Å². The summed E-state index contributed by atoms with van der Waals surface area (Å²) >= 11 is 2.75. The second-order valence-corrected chi connectivity index (χ2v) is 9.03. The Morgan fingerprint density at radius 3 is 2.59 bits per heavy atom. The largest absolute Gasteiger partial charge is 0.257 e. The molecule has 0 aliphatic rings. The Labute approximate surface area is 137 Å². The number of nitrogens with zero attached hydrogens (tertiary/aromatic N) is 2. The lowest BCUT2D eigenvalue weighted by atomic mass is 10.2. The molecule has 5 nitrogen and oxygen atoms in total. The van der Waals surface area contributed by atoms with Crippen LogP contribution in [0.4, 0.5) is 9.52 Å². The highest BCUT2D eigenvalue weighted by Gasteiger charge is 2.15. The van der Waals surface area contributed by atoms with Crippen molar-refractivity contribution in [2.24, 2.45) is 5.92 Å². The predicted molar refractivity (Wildman–Crippen MR) is 88.1 cm³/mol. The molecule has 0 atom stereocenters. The summed E-state index contributed by atoms with van der Waals surface area (Å²) in [5, 5.41) is 8.02. The first kappa shape index (κ1) is 17.2. The third kappa shape index (κ3) is 5.54. The Hall–Kier alpha value is -1.19. The van der Waals surface area contributed by atoms with E-state index in [1.165, 1.54) is 35.6 Å². The highest BCUT2D eigenvalue weighted by atomic mass is 32.2. The number of benzene rings is 1. The van der Waals surface area contributed by atoms with Crippen LogP contribution in [0, 0.1) is 11.7 Å². The first-order valence-electron chi connectivity index (χ1n) is 6.55. The van der Waals surface area contributed by atoms with Gasteiger partial charge in [-0.1, -0.05) is 49.1 Å². The standard InChI is InChI=1S/C13H16FN3O2S3/c1-9(2)7-20-13-16-15-12(21-13)17-22(18,19)8-10-3-5-11(14)6-4-10/h3-6,9H,7-8H2,1-2H3,(H,15,17). The van der Waals surface area contributed by atoms with Crippen molar-refractivity contribution in [1.29, 1.82) is 0 Å². The van der Waals surface area contributed by atoms with Gasteiger partial charge in [-0.3, -0.25) is 4.72 Å². The minimum Gasteiger partial charge on any atom is -0.257 e. The minimum absolute atomic E-state index is 0.235. The van der Waals surface area contributed by atoms with Gasteiger partial charge in [0.25, 0.3) is 0 Å². The lowest BCUT2D eigenvalue weighted by molar-refractivity contribution is 0.599. The van der Waals surface area contributed by atoms with Crippen molar-refractivity contribution in [2.45, 2.75) is 23.9 Å². The maximum absolute atomic E-state index is 12.8. The summed E-state index contributed by atoms with van der Waals surface area (Å²) in [6.45, 7) is 4.20. The molecule has 0 radical (unpaired) electrons. The summed E-state index contributed by atoms with van der Waals surface area (Å²) < 4.78 is 40.1. The monoisotopic (exact) mass is 361 g/mol. The van der Waals surface area contributed by atoms with Crippen LogP contribution in [-0.2, 0) is 15.8 Å². The number of halogens is 1. The molecule has 9 heteroatoms. The fourth-order valence-corrected chi connectivity index (χ4v) is 4.65. The summed E-state index contributed by atoms with van der Waals surface area (Å²) in [5.41, 5.74) is 0.507. The summed E-state index contributed by atoms with van der Waals surface area (Å²) in [6, 6.07) is 5.35. The Kier molecular flexibility index (Phi) is 5.76. The first-order chi connectivity index (χ1) is 10.3. The Balaban J connectivity index is 1.98. The number of nitrogens with one attached hydrogen (secondary N) is 1. The Morgan fingerprint density at radius 2 is 1.95 bits per heavy atom. The minimum atomic E-state index is -3.59. The highest BCUT2D eigenvalue weighted by Crippen LogP contribution is 2.27. The molecule has 0 amide bonds. The number of hydrogen-bond donors (Lipinski definition) is 1. The molecular weight excluding hydrogens is 345 g/mol. The maximum Gasteiger partial charge on any atom is 0.238 e. The number of thioether (sulfide) groups is 1. The molecule has 2 rings (SSSR count). The van der Waals surface area contributed by atoms with Gasteiger partial charge < -0.3 is 0 Å². The van der Waals surface area contributed by atoms with E-state index in [2.05, 4.69) is 28.8 Å². The lowest BCUT2D eigenvalue weighted by Crippen LogP contribution is -2.14. The van der Waals surface area contributed by atoms with Crippen molar-refractivity contribution in [3.05, 3.63) is 35.6 Å². The van der Waals surface area contributed by atoms with Gasteiger partial charge in [0.05, 0.1) is 5.75 Å². The third-order valence-electron chi connectivity index (χ3n) is 2.46. The summed E-state index contributed by atoms with van der Waals surface area (Å²) in [5.74, 6) is 0.788. The predicted octanol–water partition coefficient (Wildman–Crippen LogP) is 3.37. The Bertz CT molecular complexity index is 714. The van der Waals surface area contributed by atoms with Crippen molar-refractivity contribution >= 4 is 38.3 Å². The van der Waals surface area contributed by atoms with Gasteiger partial charge in [-0.05, 0) is 23.6 Å². The number of rotatable bonds is 7. The smallest absolute Gasteiger partial charge is 0.238 e.